The van der Waals surface area contributed by atoms with E-state index in [-0.39, 0.29) is 16.7 Å². The zero-order valence-corrected chi connectivity index (χ0v) is 18.4. The van der Waals surface area contributed by atoms with Crippen molar-refractivity contribution in [3.63, 3.8) is 0 Å². The van der Waals surface area contributed by atoms with Gasteiger partial charge in [-0.05, 0) is 86.5 Å². The molecule has 1 saturated heterocycles. The van der Waals surface area contributed by atoms with Gasteiger partial charge in [0.25, 0.3) is 0 Å². The predicted octanol–water partition coefficient (Wildman–Crippen LogP) is 3.04. The molecule has 7 heteroatoms. The van der Waals surface area contributed by atoms with E-state index in [2.05, 4.69) is 5.32 Å². The Labute approximate surface area is 179 Å². The van der Waals surface area contributed by atoms with Crippen molar-refractivity contribution in [2.45, 2.75) is 55.9 Å². The number of sulfonamides is 1. The second-order valence-corrected chi connectivity index (χ2v) is 11.6. The van der Waals surface area contributed by atoms with Crippen LogP contribution in [0.4, 0.5) is 0 Å². The van der Waals surface area contributed by atoms with Crippen molar-refractivity contribution < 1.29 is 17.9 Å². The Morgan fingerprint density at radius 1 is 1.00 bits per heavy atom. The summed E-state index contributed by atoms with van der Waals surface area (Å²) in [6.07, 6.45) is 7.75. The van der Waals surface area contributed by atoms with Crippen LogP contribution in [0.5, 0.6) is 5.75 Å². The molecule has 0 radical (unpaired) electrons. The van der Waals surface area contributed by atoms with Crippen molar-refractivity contribution in [2.24, 2.45) is 29.6 Å². The summed E-state index contributed by atoms with van der Waals surface area (Å²) in [5.74, 6) is 3.97. The van der Waals surface area contributed by atoms with Gasteiger partial charge in [0.05, 0.1) is 12.0 Å². The van der Waals surface area contributed by atoms with Crippen LogP contribution in [-0.2, 0) is 14.8 Å². The van der Waals surface area contributed by atoms with E-state index < -0.39 is 10.0 Å². The lowest BCUT2D eigenvalue weighted by atomic mass is 9.79. The number of amides is 1. The minimum Gasteiger partial charge on any atom is -0.497 e. The fraction of sp³-hybridized carbons (Fsp3) is 0.696. The topological polar surface area (TPSA) is 75.7 Å². The average Bonchev–Trinajstić information content (AvgIpc) is 3.47. The van der Waals surface area contributed by atoms with Crippen LogP contribution in [0.25, 0.3) is 0 Å². The molecule has 1 amide bonds. The van der Waals surface area contributed by atoms with Crippen LogP contribution in [0, 0.1) is 29.6 Å². The third-order valence-corrected chi connectivity index (χ3v) is 10.2. The highest BCUT2D eigenvalue weighted by molar-refractivity contribution is 7.89. The Kier molecular flexibility index (Phi) is 5.30. The summed E-state index contributed by atoms with van der Waals surface area (Å²) in [6.45, 7) is 0.793. The fourth-order valence-corrected chi connectivity index (χ4v) is 8.26. The molecule has 1 aliphatic heterocycles. The molecule has 2 bridgehead atoms. The molecule has 4 aliphatic rings. The first-order valence-electron chi connectivity index (χ1n) is 11.4. The lowest BCUT2D eigenvalue weighted by Crippen LogP contribution is -2.48. The zero-order valence-electron chi connectivity index (χ0n) is 17.6. The normalized spacial score (nSPS) is 34.1. The second-order valence-electron chi connectivity index (χ2n) is 9.62. The molecule has 1 heterocycles. The van der Waals surface area contributed by atoms with E-state index in [4.69, 9.17) is 4.74 Å². The van der Waals surface area contributed by atoms with Gasteiger partial charge in [0.15, 0.2) is 0 Å². The second kappa shape index (κ2) is 7.83. The highest BCUT2D eigenvalue weighted by Gasteiger charge is 2.54. The van der Waals surface area contributed by atoms with E-state index in [0.717, 1.165) is 24.2 Å². The maximum atomic E-state index is 12.9. The first-order chi connectivity index (χ1) is 14.5. The number of rotatable bonds is 5. The Morgan fingerprint density at radius 3 is 2.40 bits per heavy atom. The van der Waals surface area contributed by atoms with Gasteiger partial charge in [0.2, 0.25) is 15.9 Å². The third kappa shape index (κ3) is 3.44. The summed E-state index contributed by atoms with van der Waals surface area (Å²) in [5.41, 5.74) is 0. The minimum atomic E-state index is -3.53. The summed E-state index contributed by atoms with van der Waals surface area (Å²) >= 11 is 0. The maximum Gasteiger partial charge on any atom is 0.243 e. The van der Waals surface area contributed by atoms with Crippen molar-refractivity contribution in [3.05, 3.63) is 24.3 Å². The molecule has 3 saturated carbocycles. The number of nitrogens with zero attached hydrogens (tertiary/aromatic N) is 1. The first-order valence-corrected chi connectivity index (χ1v) is 12.9. The van der Waals surface area contributed by atoms with Gasteiger partial charge >= 0.3 is 0 Å². The highest BCUT2D eigenvalue weighted by Crippen LogP contribution is 2.58. The molecule has 164 valence electrons. The quantitative estimate of drug-likeness (QED) is 0.776. The molecule has 5 rings (SSSR count). The van der Waals surface area contributed by atoms with E-state index in [1.807, 2.05) is 0 Å². The number of hydrogen-bond donors (Lipinski definition) is 1. The molecule has 0 spiro atoms. The molecule has 30 heavy (non-hydrogen) atoms. The number of hydrogen-bond acceptors (Lipinski definition) is 4. The van der Waals surface area contributed by atoms with Crippen LogP contribution < -0.4 is 10.1 Å². The molecule has 1 aromatic rings. The molecular weight excluding hydrogens is 400 g/mol. The molecular formula is C23H32N2O4S. The molecule has 1 N–H and O–H groups in total. The van der Waals surface area contributed by atoms with Gasteiger partial charge in [0, 0.05) is 25.0 Å². The lowest BCUT2D eigenvalue weighted by Gasteiger charge is -2.35. The molecule has 5 atom stereocenters. The Morgan fingerprint density at radius 2 is 1.70 bits per heavy atom. The first kappa shape index (κ1) is 20.3. The number of carbonyl (C=O) groups is 1. The van der Waals surface area contributed by atoms with E-state index in [0.29, 0.717) is 43.6 Å². The average molecular weight is 433 g/mol. The fourth-order valence-electron chi connectivity index (χ4n) is 6.79. The van der Waals surface area contributed by atoms with Gasteiger partial charge in [0.1, 0.15) is 5.75 Å². The Bertz CT molecular complexity index is 892. The molecule has 0 aromatic heterocycles. The number of ether oxygens (including phenoxy) is 1. The van der Waals surface area contributed by atoms with Crippen LogP contribution in [-0.4, -0.2) is 44.9 Å². The van der Waals surface area contributed by atoms with Crippen LogP contribution in [0.1, 0.15) is 44.9 Å². The van der Waals surface area contributed by atoms with Crippen LogP contribution in [0.3, 0.4) is 0 Å². The van der Waals surface area contributed by atoms with Crippen molar-refractivity contribution in [1.82, 2.24) is 9.62 Å². The van der Waals surface area contributed by atoms with E-state index in [9.17, 15) is 13.2 Å². The standard InChI is InChI=1S/C23H32N2O4S/c1-29-17-5-7-18(8-6-17)30(27,28)25-11-9-15(10-12-25)23(26)24-22-14-16-13-21(22)20-4-2-3-19(16)20/h5-8,15-16,19-22H,2-4,9-14H2,1H3,(H,24,26). The monoisotopic (exact) mass is 432 g/mol. The summed E-state index contributed by atoms with van der Waals surface area (Å²) in [4.78, 5) is 13.2. The highest BCUT2D eigenvalue weighted by atomic mass is 32.2. The number of methoxy groups -OCH3 is 1. The van der Waals surface area contributed by atoms with E-state index in [1.54, 1.807) is 31.4 Å². The minimum absolute atomic E-state index is 0.0779. The van der Waals surface area contributed by atoms with Crippen LogP contribution in [0.15, 0.2) is 29.2 Å². The van der Waals surface area contributed by atoms with Gasteiger partial charge in [-0.3, -0.25) is 4.79 Å². The van der Waals surface area contributed by atoms with Crippen LogP contribution >= 0.6 is 0 Å². The van der Waals surface area contributed by atoms with Crippen molar-refractivity contribution in [3.8, 4) is 5.75 Å². The van der Waals surface area contributed by atoms with Gasteiger partial charge in [-0.25, -0.2) is 8.42 Å². The van der Waals surface area contributed by atoms with Gasteiger partial charge < -0.3 is 10.1 Å². The Balaban J connectivity index is 1.16. The SMILES string of the molecule is COc1ccc(S(=O)(=O)N2CCC(C(=O)NC3CC4CC3C3CCCC43)CC2)cc1. The largest absolute Gasteiger partial charge is 0.497 e. The molecule has 3 aliphatic carbocycles. The van der Waals surface area contributed by atoms with Crippen molar-refractivity contribution >= 4 is 15.9 Å². The zero-order chi connectivity index (χ0) is 20.9. The maximum absolute atomic E-state index is 12.9. The van der Waals surface area contributed by atoms with Gasteiger partial charge in [-0.15, -0.1) is 0 Å². The van der Waals surface area contributed by atoms with Crippen molar-refractivity contribution in [1.29, 1.82) is 0 Å². The van der Waals surface area contributed by atoms with Crippen molar-refractivity contribution in [2.75, 3.05) is 20.2 Å². The lowest BCUT2D eigenvalue weighted by molar-refractivity contribution is -0.127. The number of fused-ring (bicyclic) bond motifs is 5. The van der Waals surface area contributed by atoms with Crippen LogP contribution in [0.2, 0.25) is 0 Å². The predicted molar refractivity (Wildman–Crippen MR) is 113 cm³/mol. The Hall–Kier alpha value is -1.60. The summed E-state index contributed by atoms with van der Waals surface area (Å²) in [6, 6.07) is 6.84. The van der Waals surface area contributed by atoms with Gasteiger partial charge in [-0.1, -0.05) is 6.42 Å². The van der Waals surface area contributed by atoms with E-state index >= 15 is 0 Å². The third-order valence-electron chi connectivity index (χ3n) is 8.28. The summed E-state index contributed by atoms with van der Waals surface area (Å²) in [5, 5.41) is 3.37. The number of nitrogens with one attached hydrogen (secondary N) is 1. The molecule has 4 fully saturated rings. The summed E-state index contributed by atoms with van der Waals surface area (Å²) in [7, 11) is -1.97. The molecule has 6 nitrogen and oxygen atoms in total. The molecule has 1 aromatic carbocycles. The smallest absolute Gasteiger partial charge is 0.243 e. The summed E-state index contributed by atoms with van der Waals surface area (Å²) < 4.78 is 32.5. The van der Waals surface area contributed by atoms with E-state index in [1.165, 1.54) is 30.0 Å². The number of piperidine rings is 1. The molecule has 5 unspecified atom stereocenters. The van der Waals surface area contributed by atoms with Gasteiger partial charge in [-0.2, -0.15) is 4.31 Å². The number of benzene rings is 1. The number of carbonyl (C=O) groups excluding carboxylic acids is 1.